The molecular formula is C10H18N2OS2. The van der Waals surface area contributed by atoms with Crippen LogP contribution in [0.5, 0.6) is 0 Å². The first-order valence-electron chi connectivity index (χ1n) is 4.92. The Bertz CT molecular complexity index is 278. The number of hydrogen-bond donors (Lipinski definition) is 1. The van der Waals surface area contributed by atoms with Crippen LogP contribution in [0, 0.1) is 0 Å². The average molecular weight is 246 g/mol. The molecule has 86 valence electrons. The zero-order chi connectivity index (χ0) is 11.1. The van der Waals surface area contributed by atoms with Crippen LogP contribution in [0.1, 0.15) is 17.6 Å². The number of nitrogens with zero attached hydrogens (tertiary/aromatic N) is 1. The highest BCUT2D eigenvalue weighted by molar-refractivity contribution is 7.99. The Morgan fingerprint density at radius 2 is 2.47 bits per heavy atom. The van der Waals surface area contributed by atoms with Gasteiger partial charge in [0.25, 0.3) is 0 Å². The molecule has 0 aromatic carbocycles. The third-order valence-corrected chi connectivity index (χ3v) is 3.85. The van der Waals surface area contributed by atoms with Crippen molar-refractivity contribution in [1.82, 2.24) is 10.3 Å². The smallest absolute Gasteiger partial charge is 0.119 e. The van der Waals surface area contributed by atoms with E-state index in [0.717, 1.165) is 23.8 Å². The lowest BCUT2D eigenvalue weighted by Crippen LogP contribution is -2.22. The van der Waals surface area contributed by atoms with Gasteiger partial charge < -0.3 is 10.1 Å². The molecule has 0 fully saturated rings. The highest BCUT2D eigenvalue weighted by Crippen LogP contribution is 2.10. The van der Waals surface area contributed by atoms with Crippen LogP contribution in [0.4, 0.5) is 0 Å². The molecule has 0 saturated carbocycles. The van der Waals surface area contributed by atoms with Gasteiger partial charge in [0.2, 0.25) is 0 Å². The lowest BCUT2D eigenvalue weighted by molar-refractivity contribution is 0.184. The Balaban J connectivity index is 2.25. The first-order valence-corrected chi connectivity index (χ1v) is 7.08. The van der Waals surface area contributed by atoms with Crippen molar-refractivity contribution >= 4 is 23.1 Å². The predicted molar refractivity (Wildman–Crippen MR) is 67.5 cm³/mol. The summed E-state index contributed by atoms with van der Waals surface area (Å²) in [4.78, 5) is 4.45. The van der Waals surface area contributed by atoms with Crippen LogP contribution in [0.15, 0.2) is 5.38 Å². The summed E-state index contributed by atoms with van der Waals surface area (Å²) in [6.45, 7) is 4.71. The molecule has 0 radical (unpaired) electrons. The fourth-order valence-electron chi connectivity index (χ4n) is 1.11. The second kappa shape index (κ2) is 7.22. The fraction of sp³-hybridized carbons (Fsp3) is 0.700. The molecule has 1 aromatic heterocycles. The number of methoxy groups -OCH3 is 1. The summed E-state index contributed by atoms with van der Waals surface area (Å²) in [7, 11) is 1.69. The van der Waals surface area contributed by atoms with Crippen molar-refractivity contribution in [1.29, 1.82) is 0 Å². The van der Waals surface area contributed by atoms with E-state index in [1.54, 1.807) is 18.4 Å². The Hall–Kier alpha value is -0.100. The van der Waals surface area contributed by atoms with E-state index in [1.807, 2.05) is 11.8 Å². The van der Waals surface area contributed by atoms with Crippen LogP contribution in [-0.4, -0.2) is 30.1 Å². The number of nitrogens with one attached hydrogen (secondary N) is 1. The largest absolute Gasteiger partial charge is 0.378 e. The van der Waals surface area contributed by atoms with E-state index >= 15 is 0 Å². The van der Waals surface area contributed by atoms with Crippen LogP contribution in [0.25, 0.3) is 0 Å². The maximum Gasteiger partial charge on any atom is 0.119 e. The molecule has 1 atom stereocenters. The van der Waals surface area contributed by atoms with E-state index in [-0.39, 0.29) is 0 Å². The SMILES string of the molecule is COCc1nc(CNCC(C)SC)cs1. The quantitative estimate of drug-likeness (QED) is 0.799. The van der Waals surface area contributed by atoms with E-state index in [9.17, 15) is 0 Å². The molecule has 3 nitrogen and oxygen atoms in total. The van der Waals surface area contributed by atoms with Crippen LogP contribution in [-0.2, 0) is 17.9 Å². The van der Waals surface area contributed by atoms with Gasteiger partial charge in [0, 0.05) is 30.8 Å². The molecule has 0 spiro atoms. The van der Waals surface area contributed by atoms with Gasteiger partial charge in [-0.1, -0.05) is 6.92 Å². The highest BCUT2D eigenvalue weighted by Gasteiger charge is 2.02. The van der Waals surface area contributed by atoms with E-state index in [1.165, 1.54) is 0 Å². The van der Waals surface area contributed by atoms with Gasteiger partial charge >= 0.3 is 0 Å². The topological polar surface area (TPSA) is 34.1 Å². The maximum atomic E-state index is 5.03. The van der Waals surface area contributed by atoms with Crippen LogP contribution in [0.3, 0.4) is 0 Å². The number of aromatic nitrogens is 1. The third-order valence-electron chi connectivity index (χ3n) is 2.01. The molecule has 1 rings (SSSR count). The van der Waals surface area contributed by atoms with Crippen molar-refractivity contribution in [2.24, 2.45) is 0 Å². The van der Waals surface area contributed by atoms with Crippen molar-refractivity contribution in [3.63, 3.8) is 0 Å². The second-order valence-electron chi connectivity index (χ2n) is 3.34. The number of ether oxygens (including phenoxy) is 1. The third kappa shape index (κ3) is 4.97. The number of thiazole rings is 1. The standard InChI is InChI=1S/C10H18N2OS2/c1-8(14-3)4-11-5-9-7-15-10(12-9)6-13-2/h7-8,11H,4-6H2,1-3H3. The molecule has 1 heterocycles. The minimum absolute atomic E-state index is 0.617. The van der Waals surface area contributed by atoms with Crippen LogP contribution >= 0.6 is 23.1 Å². The summed E-state index contributed by atoms with van der Waals surface area (Å²) >= 11 is 3.53. The summed E-state index contributed by atoms with van der Waals surface area (Å²) < 4.78 is 5.03. The molecule has 0 aliphatic carbocycles. The van der Waals surface area contributed by atoms with Crippen molar-refractivity contribution in [2.75, 3.05) is 19.9 Å². The molecule has 0 aliphatic rings. The molecule has 0 saturated heterocycles. The summed E-state index contributed by atoms with van der Waals surface area (Å²) in [5, 5.41) is 7.18. The van der Waals surface area contributed by atoms with Gasteiger partial charge in [-0.15, -0.1) is 11.3 Å². The van der Waals surface area contributed by atoms with E-state index < -0.39 is 0 Å². The minimum Gasteiger partial charge on any atom is -0.378 e. The number of hydrogen-bond acceptors (Lipinski definition) is 5. The Morgan fingerprint density at radius 1 is 1.67 bits per heavy atom. The lowest BCUT2D eigenvalue weighted by atomic mass is 10.4. The molecule has 1 N–H and O–H groups in total. The average Bonchev–Trinajstić information content (AvgIpc) is 2.66. The fourth-order valence-corrected chi connectivity index (χ4v) is 2.16. The lowest BCUT2D eigenvalue weighted by Gasteiger charge is -2.07. The van der Waals surface area contributed by atoms with Gasteiger partial charge in [-0.05, 0) is 6.26 Å². The van der Waals surface area contributed by atoms with Crippen molar-refractivity contribution in [2.45, 2.75) is 25.3 Å². The zero-order valence-electron chi connectivity index (χ0n) is 9.45. The van der Waals surface area contributed by atoms with Crippen LogP contribution in [0.2, 0.25) is 0 Å². The highest BCUT2D eigenvalue weighted by atomic mass is 32.2. The van der Waals surface area contributed by atoms with Crippen LogP contribution < -0.4 is 5.32 Å². The van der Waals surface area contributed by atoms with Gasteiger partial charge in [-0.25, -0.2) is 4.98 Å². The number of rotatable bonds is 7. The molecule has 1 aromatic rings. The van der Waals surface area contributed by atoms with Gasteiger partial charge in [0.15, 0.2) is 0 Å². The predicted octanol–water partition coefficient (Wildman–Crippen LogP) is 2.13. The summed E-state index contributed by atoms with van der Waals surface area (Å²) in [5.41, 5.74) is 1.11. The summed E-state index contributed by atoms with van der Waals surface area (Å²) in [5.74, 6) is 0. The van der Waals surface area contributed by atoms with E-state index in [0.29, 0.717) is 11.9 Å². The molecule has 5 heteroatoms. The molecule has 1 unspecified atom stereocenters. The van der Waals surface area contributed by atoms with Gasteiger partial charge in [0.1, 0.15) is 5.01 Å². The van der Waals surface area contributed by atoms with Crippen molar-refractivity contribution in [3.8, 4) is 0 Å². The first-order chi connectivity index (χ1) is 7.26. The Kier molecular flexibility index (Phi) is 6.24. The van der Waals surface area contributed by atoms with Gasteiger partial charge in [-0.3, -0.25) is 0 Å². The Labute approximate surface area is 99.6 Å². The monoisotopic (exact) mass is 246 g/mol. The maximum absolute atomic E-state index is 5.03. The first kappa shape index (κ1) is 13.0. The van der Waals surface area contributed by atoms with E-state index in [4.69, 9.17) is 4.74 Å². The zero-order valence-corrected chi connectivity index (χ0v) is 11.1. The van der Waals surface area contributed by atoms with Crippen molar-refractivity contribution in [3.05, 3.63) is 16.1 Å². The van der Waals surface area contributed by atoms with E-state index in [2.05, 4.69) is 28.9 Å². The molecule has 0 aliphatic heterocycles. The van der Waals surface area contributed by atoms with Gasteiger partial charge in [0.05, 0.1) is 12.3 Å². The van der Waals surface area contributed by atoms with Crippen molar-refractivity contribution < 1.29 is 4.74 Å². The molecule has 0 amide bonds. The summed E-state index contributed by atoms with van der Waals surface area (Å²) in [6.07, 6.45) is 2.13. The molecular weight excluding hydrogens is 228 g/mol. The summed E-state index contributed by atoms with van der Waals surface area (Å²) in [6, 6.07) is 0. The molecule has 15 heavy (non-hydrogen) atoms. The normalized spacial score (nSPS) is 13.0. The second-order valence-corrected chi connectivity index (χ2v) is 5.56. The minimum atomic E-state index is 0.617. The van der Waals surface area contributed by atoms with Gasteiger partial charge in [-0.2, -0.15) is 11.8 Å². The Morgan fingerprint density at radius 3 is 3.13 bits per heavy atom. The molecule has 0 bridgehead atoms. The number of thioether (sulfide) groups is 1.